The third-order valence-corrected chi connectivity index (χ3v) is 4.28. The number of methoxy groups -OCH3 is 1. The molecule has 0 atom stereocenters. The van der Waals surface area contributed by atoms with Gasteiger partial charge in [-0.05, 0) is 42.3 Å². The molecule has 1 aromatic heterocycles. The van der Waals surface area contributed by atoms with Gasteiger partial charge in [0.25, 0.3) is 0 Å². The fraction of sp³-hybridized carbons (Fsp3) is 0.158. The number of halogens is 2. The lowest BCUT2D eigenvalue weighted by Gasteiger charge is -2.11. The second-order valence-corrected chi connectivity index (χ2v) is 6.35. The largest absolute Gasteiger partial charge is 0.496 e. The summed E-state index contributed by atoms with van der Waals surface area (Å²) in [5.74, 6) is 2.04. The average Bonchev–Trinajstić information content (AvgIpc) is 2.65. The molecular weight excluding hydrogens is 371 g/mol. The monoisotopic (exact) mass is 388 g/mol. The summed E-state index contributed by atoms with van der Waals surface area (Å²) < 4.78 is 5.36. The first kappa shape index (κ1) is 18.3. The van der Waals surface area contributed by atoms with Crippen LogP contribution < -0.4 is 15.4 Å². The van der Waals surface area contributed by atoms with Gasteiger partial charge in [-0.25, -0.2) is 4.98 Å². The maximum absolute atomic E-state index is 6.17. The Morgan fingerprint density at radius 3 is 2.77 bits per heavy atom. The standard InChI is InChI=1S/C19H18Cl2N4O/c1-26-17-5-3-2-4-13(17)8-10-22-19-23-11-9-18(25-19)24-16-12-14(20)6-7-15(16)21/h2-7,9,11-12H,8,10H2,1H3,(H2,22,23,24,25). The van der Waals surface area contributed by atoms with Crippen molar-refractivity contribution in [2.75, 3.05) is 24.3 Å². The van der Waals surface area contributed by atoms with Crippen LogP contribution in [0.3, 0.4) is 0 Å². The van der Waals surface area contributed by atoms with Crippen molar-refractivity contribution < 1.29 is 4.74 Å². The molecule has 3 aromatic rings. The lowest BCUT2D eigenvalue weighted by Crippen LogP contribution is -2.09. The van der Waals surface area contributed by atoms with Crippen molar-refractivity contribution in [2.24, 2.45) is 0 Å². The van der Waals surface area contributed by atoms with Crippen molar-refractivity contribution in [3.63, 3.8) is 0 Å². The van der Waals surface area contributed by atoms with Crippen molar-refractivity contribution in [2.45, 2.75) is 6.42 Å². The Balaban J connectivity index is 1.63. The van der Waals surface area contributed by atoms with E-state index in [1.54, 1.807) is 37.6 Å². The molecule has 0 aliphatic carbocycles. The SMILES string of the molecule is COc1ccccc1CCNc1nccc(Nc2cc(Cl)ccc2Cl)n1. The molecule has 1 heterocycles. The molecule has 0 radical (unpaired) electrons. The van der Waals surface area contributed by atoms with Crippen molar-refractivity contribution >= 4 is 40.7 Å². The zero-order valence-electron chi connectivity index (χ0n) is 14.2. The Morgan fingerprint density at radius 1 is 1.08 bits per heavy atom. The van der Waals surface area contributed by atoms with Crippen LogP contribution in [0.1, 0.15) is 5.56 Å². The number of ether oxygens (including phenoxy) is 1. The molecule has 134 valence electrons. The lowest BCUT2D eigenvalue weighted by atomic mass is 10.1. The molecule has 26 heavy (non-hydrogen) atoms. The van der Waals surface area contributed by atoms with Crippen molar-refractivity contribution in [1.29, 1.82) is 0 Å². The number of anilines is 3. The van der Waals surface area contributed by atoms with Crippen molar-refractivity contribution in [1.82, 2.24) is 9.97 Å². The van der Waals surface area contributed by atoms with Gasteiger partial charge in [0.1, 0.15) is 11.6 Å². The molecule has 0 saturated carbocycles. The Labute approximate surface area is 162 Å². The van der Waals surface area contributed by atoms with Crippen LogP contribution in [0.5, 0.6) is 5.75 Å². The van der Waals surface area contributed by atoms with Crippen LogP contribution in [-0.4, -0.2) is 23.6 Å². The molecule has 0 aliphatic heterocycles. The quantitative estimate of drug-likeness (QED) is 0.582. The van der Waals surface area contributed by atoms with E-state index in [9.17, 15) is 0 Å². The highest BCUT2D eigenvalue weighted by molar-refractivity contribution is 6.35. The minimum absolute atomic E-state index is 0.531. The highest BCUT2D eigenvalue weighted by atomic mass is 35.5. The average molecular weight is 389 g/mol. The normalized spacial score (nSPS) is 10.4. The summed E-state index contributed by atoms with van der Waals surface area (Å²) in [7, 11) is 1.67. The van der Waals surface area contributed by atoms with Crippen LogP contribution in [0.15, 0.2) is 54.7 Å². The summed E-state index contributed by atoms with van der Waals surface area (Å²) in [4.78, 5) is 8.69. The molecule has 0 amide bonds. The van der Waals surface area contributed by atoms with Crippen molar-refractivity contribution in [3.8, 4) is 5.75 Å². The number of rotatable bonds is 7. The first-order valence-corrected chi connectivity index (χ1v) is 8.82. The topological polar surface area (TPSA) is 59.1 Å². The van der Waals surface area contributed by atoms with Gasteiger partial charge in [-0.2, -0.15) is 4.98 Å². The summed E-state index contributed by atoms with van der Waals surface area (Å²) in [6.45, 7) is 0.682. The Kier molecular flexibility index (Phi) is 6.15. The molecule has 0 fully saturated rings. The fourth-order valence-electron chi connectivity index (χ4n) is 2.46. The highest BCUT2D eigenvalue weighted by Gasteiger charge is 2.05. The van der Waals surface area contributed by atoms with Crippen LogP contribution in [0.2, 0.25) is 10.0 Å². The van der Waals surface area contributed by atoms with Crippen LogP contribution in [0, 0.1) is 0 Å². The van der Waals surface area contributed by atoms with Crippen LogP contribution in [0.25, 0.3) is 0 Å². The van der Waals surface area contributed by atoms with E-state index < -0.39 is 0 Å². The Hall–Kier alpha value is -2.50. The molecule has 7 heteroatoms. The zero-order valence-corrected chi connectivity index (χ0v) is 15.7. The van der Waals surface area contributed by atoms with E-state index in [1.807, 2.05) is 24.3 Å². The predicted molar refractivity (Wildman–Crippen MR) is 107 cm³/mol. The van der Waals surface area contributed by atoms with E-state index in [0.29, 0.717) is 34.0 Å². The Morgan fingerprint density at radius 2 is 1.92 bits per heavy atom. The third kappa shape index (κ3) is 4.77. The van der Waals surface area contributed by atoms with E-state index >= 15 is 0 Å². The molecule has 2 aromatic carbocycles. The molecule has 2 N–H and O–H groups in total. The minimum Gasteiger partial charge on any atom is -0.496 e. The molecule has 3 rings (SSSR count). The summed E-state index contributed by atoms with van der Waals surface area (Å²) in [6.07, 6.45) is 2.48. The van der Waals surface area contributed by atoms with Gasteiger partial charge in [-0.3, -0.25) is 0 Å². The van der Waals surface area contributed by atoms with Gasteiger partial charge in [0, 0.05) is 17.8 Å². The van der Waals surface area contributed by atoms with E-state index in [0.717, 1.165) is 17.7 Å². The highest BCUT2D eigenvalue weighted by Crippen LogP contribution is 2.28. The first-order valence-electron chi connectivity index (χ1n) is 8.06. The molecule has 0 bridgehead atoms. The van der Waals surface area contributed by atoms with Gasteiger partial charge in [-0.1, -0.05) is 41.4 Å². The third-order valence-electron chi connectivity index (χ3n) is 3.72. The molecule has 0 unspecified atom stereocenters. The second-order valence-electron chi connectivity index (χ2n) is 5.50. The fourth-order valence-corrected chi connectivity index (χ4v) is 2.80. The van der Waals surface area contributed by atoms with E-state index in [4.69, 9.17) is 27.9 Å². The lowest BCUT2D eigenvalue weighted by molar-refractivity contribution is 0.410. The number of hydrogen-bond acceptors (Lipinski definition) is 5. The number of nitrogens with zero attached hydrogens (tertiary/aromatic N) is 2. The molecule has 0 spiro atoms. The van der Waals surface area contributed by atoms with E-state index in [-0.39, 0.29) is 0 Å². The van der Waals surface area contributed by atoms with Crippen LogP contribution in [-0.2, 0) is 6.42 Å². The maximum atomic E-state index is 6.17. The minimum atomic E-state index is 0.531. The number of para-hydroxylation sites is 1. The molecule has 5 nitrogen and oxygen atoms in total. The smallest absolute Gasteiger partial charge is 0.224 e. The number of benzene rings is 2. The zero-order chi connectivity index (χ0) is 18.4. The predicted octanol–water partition coefficient (Wildman–Crippen LogP) is 5.19. The number of hydrogen-bond donors (Lipinski definition) is 2. The second kappa shape index (κ2) is 8.74. The maximum Gasteiger partial charge on any atom is 0.224 e. The van der Waals surface area contributed by atoms with Gasteiger partial charge in [-0.15, -0.1) is 0 Å². The number of nitrogens with one attached hydrogen (secondary N) is 2. The van der Waals surface area contributed by atoms with E-state index in [1.165, 1.54) is 0 Å². The molecule has 0 saturated heterocycles. The van der Waals surface area contributed by atoms with Crippen molar-refractivity contribution in [3.05, 3.63) is 70.3 Å². The van der Waals surface area contributed by atoms with Gasteiger partial charge in [0.2, 0.25) is 5.95 Å². The summed E-state index contributed by atoms with van der Waals surface area (Å²) in [6, 6.07) is 14.9. The summed E-state index contributed by atoms with van der Waals surface area (Å²) in [5, 5.41) is 7.54. The van der Waals surface area contributed by atoms with Gasteiger partial charge >= 0.3 is 0 Å². The van der Waals surface area contributed by atoms with Gasteiger partial charge in [0.15, 0.2) is 0 Å². The molecular formula is C19H18Cl2N4O. The summed E-state index contributed by atoms with van der Waals surface area (Å²) >= 11 is 12.2. The Bertz CT molecular complexity index is 889. The summed E-state index contributed by atoms with van der Waals surface area (Å²) in [5.41, 5.74) is 1.82. The van der Waals surface area contributed by atoms with Gasteiger partial charge < -0.3 is 15.4 Å². The van der Waals surface area contributed by atoms with E-state index in [2.05, 4.69) is 20.6 Å². The molecule has 0 aliphatic rings. The van der Waals surface area contributed by atoms with Crippen LogP contribution >= 0.6 is 23.2 Å². The van der Waals surface area contributed by atoms with Crippen LogP contribution in [0.4, 0.5) is 17.5 Å². The first-order chi connectivity index (χ1) is 12.7. The number of aromatic nitrogens is 2. The van der Waals surface area contributed by atoms with Gasteiger partial charge in [0.05, 0.1) is 17.8 Å².